The number of halogens is 1. The van der Waals surface area contributed by atoms with Crippen molar-refractivity contribution in [2.24, 2.45) is 4.99 Å². The van der Waals surface area contributed by atoms with E-state index in [1.54, 1.807) is 13.3 Å². The molecule has 0 radical (unpaired) electrons. The molecule has 2 aromatic rings. The Morgan fingerprint density at radius 2 is 2.11 bits per heavy atom. The molecule has 0 amide bonds. The second kappa shape index (κ2) is 10.6. The maximum Gasteiger partial charge on any atom is 0.213 e. The van der Waals surface area contributed by atoms with Crippen molar-refractivity contribution >= 4 is 46.6 Å². The van der Waals surface area contributed by atoms with Gasteiger partial charge in [0.05, 0.1) is 7.11 Å². The highest BCUT2D eigenvalue weighted by molar-refractivity contribution is 14.0. The molecule has 8 nitrogen and oxygen atoms in total. The van der Waals surface area contributed by atoms with E-state index in [1.807, 2.05) is 19.2 Å². The summed E-state index contributed by atoms with van der Waals surface area (Å²) < 4.78 is 9.55. The SMILES string of the molecule is CCc1nsc(N2CCN(C(=NC)NCc3ccnc(OC)c3)CC2)n1.I. The van der Waals surface area contributed by atoms with E-state index in [0.29, 0.717) is 12.4 Å². The maximum atomic E-state index is 5.17. The Morgan fingerprint density at radius 1 is 1.33 bits per heavy atom. The zero-order valence-corrected chi connectivity index (χ0v) is 19.0. The quantitative estimate of drug-likeness (QED) is 0.380. The summed E-state index contributed by atoms with van der Waals surface area (Å²) in [5, 5.41) is 4.44. The lowest BCUT2D eigenvalue weighted by atomic mass is 10.2. The normalized spacial score (nSPS) is 14.7. The van der Waals surface area contributed by atoms with Gasteiger partial charge in [-0.15, -0.1) is 24.0 Å². The van der Waals surface area contributed by atoms with Crippen LogP contribution in [0.1, 0.15) is 18.3 Å². The summed E-state index contributed by atoms with van der Waals surface area (Å²) in [7, 11) is 3.44. The molecule has 0 aromatic carbocycles. The van der Waals surface area contributed by atoms with Crippen LogP contribution in [0.4, 0.5) is 5.13 Å². The van der Waals surface area contributed by atoms with E-state index in [0.717, 1.165) is 55.1 Å². The highest BCUT2D eigenvalue weighted by Gasteiger charge is 2.22. The van der Waals surface area contributed by atoms with Crippen LogP contribution in [0.15, 0.2) is 23.3 Å². The van der Waals surface area contributed by atoms with Gasteiger partial charge in [0.15, 0.2) is 5.96 Å². The molecule has 2 aromatic heterocycles. The number of guanidine groups is 1. The second-order valence-corrected chi connectivity index (χ2v) is 6.66. The molecular weight excluding hydrogens is 477 g/mol. The Hall–Kier alpha value is -1.69. The first-order valence-electron chi connectivity index (χ1n) is 8.75. The van der Waals surface area contributed by atoms with Crippen molar-refractivity contribution < 1.29 is 4.74 Å². The average Bonchev–Trinajstić information content (AvgIpc) is 3.18. The van der Waals surface area contributed by atoms with Crippen LogP contribution in [0, 0.1) is 0 Å². The molecule has 0 spiro atoms. The highest BCUT2D eigenvalue weighted by Crippen LogP contribution is 2.19. The minimum Gasteiger partial charge on any atom is -0.481 e. The van der Waals surface area contributed by atoms with Crippen LogP contribution in [0.2, 0.25) is 0 Å². The first kappa shape index (κ1) is 21.6. The van der Waals surface area contributed by atoms with Crippen molar-refractivity contribution in [3.63, 3.8) is 0 Å². The van der Waals surface area contributed by atoms with Crippen LogP contribution in [0.25, 0.3) is 0 Å². The number of nitrogens with zero attached hydrogens (tertiary/aromatic N) is 6. The number of ether oxygens (including phenoxy) is 1. The molecule has 0 atom stereocenters. The molecule has 0 aliphatic carbocycles. The van der Waals surface area contributed by atoms with Crippen molar-refractivity contribution in [1.29, 1.82) is 0 Å². The molecule has 0 unspecified atom stereocenters. The summed E-state index contributed by atoms with van der Waals surface area (Å²) in [6.45, 7) is 6.41. The number of aromatic nitrogens is 3. The summed E-state index contributed by atoms with van der Waals surface area (Å²) in [6, 6.07) is 3.90. The number of nitrogens with one attached hydrogen (secondary N) is 1. The van der Waals surface area contributed by atoms with Gasteiger partial charge in [-0.2, -0.15) is 4.37 Å². The van der Waals surface area contributed by atoms with Gasteiger partial charge in [-0.1, -0.05) is 6.92 Å². The molecule has 1 aliphatic heterocycles. The van der Waals surface area contributed by atoms with Crippen molar-refractivity contribution in [1.82, 2.24) is 24.6 Å². The van der Waals surface area contributed by atoms with E-state index in [9.17, 15) is 0 Å². The number of pyridine rings is 1. The third-order valence-electron chi connectivity index (χ3n) is 4.29. The van der Waals surface area contributed by atoms with Crippen LogP contribution < -0.4 is 15.0 Å². The molecule has 1 aliphatic rings. The van der Waals surface area contributed by atoms with Gasteiger partial charge >= 0.3 is 0 Å². The lowest BCUT2D eigenvalue weighted by Gasteiger charge is -2.36. The summed E-state index contributed by atoms with van der Waals surface area (Å²) >= 11 is 1.49. The third-order valence-corrected chi connectivity index (χ3v) is 5.11. The topological polar surface area (TPSA) is 78.8 Å². The summed E-state index contributed by atoms with van der Waals surface area (Å²) in [6.07, 6.45) is 2.64. The van der Waals surface area contributed by atoms with Crippen molar-refractivity contribution in [2.45, 2.75) is 19.9 Å². The average molecular weight is 503 g/mol. The summed E-state index contributed by atoms with van der Waals surface area (Å²) in [4.78, 5) is 17.7. The van der Waals surface area contributed by atoms with Gasteiger partial charge in [0.2, 0.25) is 11.0 Å². The van der Waals surface area contributed by atoms with E-state index in [2.05, 4.69) is 41.4 Å². The number of anilines is 1. The van der Waals surface area contributed by atoms with Gasteiger partial charge in [0.1, 0.15) is 5.82 Å². The van der Waals surface area contributed by atoms with E-state index in [-0.39, 0.29) is 24.0 Å². The van der Waals surface area contributed by atoms with E-state index < -0.39 is 0 Å². The summed E-state index contributed by atoms with van der Waals surface area (Å²) in [5.41, 5.74) is 1.11. The predicted octanol–water partition coefficient (Wildman–Crippen LogP) is 2.02. The van der Waals surface area contributed by atoms with Crippen LogP contribution in [-0.4, -0.2) is 65.5 Å². The highest BCUT2D eigenvalue weighted by atomic mass is 127. The number of hydrogen-bond donors (Lipinski definition) is 1. The number of piperazine rings is 1. The Balaban J connectivity index is 0.00000261. The van der Waals surface area contributed by atoms with Crippen LogP contribution in [-0.2, 0) is 13.0 Å². The minimum absolute atomic E-state index is 0. The van der Waals surface area contributed by atoms with Gasteiger partial charge in [-0.05, 0) is 11.6 Å². The number of aryl methyl sites for hydroxylation is 1. The molecule has 10 heteroatoms. The molecule has 3 heterocycles. The molecule has 1 fully saturated rings. The largest absolute Gasteiger partial charge is 0.481 e. The fourth-order valence-electron chi connectivity index (χ4n) is 2.81. The standard InChI is InChI=1S/C17H25N7OS.HI/c1-4-14-21-17(26-22-14)24-9-7-23(8-10-24)16(18-2)20-12-13-5-6-19-15(11-13)25-3;/h5-6,11H,4,7-10,12H2,1-3H3,(H,18,20);1H. The Morgan fingerprint density at radius 3 is 2.74 bits per heavy atom. The molecule has 3 rings (SSSR count). The molecule has 0 bridgehead atoms. The number of rotatable bonds is 5. The van der Waals surface area contributed by atoms with Crippen molar-refractivity contribution in [3.05, 3.63) is 29.7 Å². The fourth-order valence-corrected chi connectivity index (χ4v) is 3.61. The smallest absolute Gasteiger partial charge is 0.213 e. The summed E-state index contributed by atoms with van der Waals surface area (Å²) in [5.74, 6) is 2.46. The monoisotopic (exact) mass is 503 g/mol. The van der Waals surface area contributed by atoms with Crippen LogP contribution >= 0.6 is 35.5 Å². The zero-order valence-electron chi connectivity index (χ0n) is 15.9. The van der Waals surface area contributed by atoms with Gasteiger partial charge in [0.25, 0.3) is 0 Å². The Kier molecular flexibility index (Phi) is 8.48. The maximum absolute atomic E-state index is 5.17. The molecule has 1 N–H and O–H groups in total. The van der Waals surface area contributed by atoms with Crippen LogP contribution in [0.5, 0.6) is 5.88 Å². The molecule has 148 valence electrons. The van der Waals surface area contributed by atoms with E-state index in [4.69, 9.17) is 4.74 Å². The number of aliphatic imine (C=N–C) groups is 1. The van der Waals surface area contributed by atoms with E-state index in [1.165, 1.54) is 11.5 Å². The van der Waals surface area contributed by atoms with Gasteiger partial charge in [-0.25, -0.2) is 9.97 Å². The molecule has 27 heavy (non-hydrogen) atoms. The van der Waals surface area contributed by atoms with Crippen molar-refractivity contribution in [3.8, 4) is 5.88 Å². The van der Waals surface area contributed by atoms with Gasteiger partial charge < -0.3 is 19.9 Å². The van der Waals surface area contributed by atoms with E-state index >= 15 is 0 Å². The minimum atomic E-state index is 0. The zero-order chi connectivity index (χ0) is 18.4. The number of hydrogen-bond acceptors (Lipinski definition) is 7. The Labute approximate surface area is 181 Å². The Bertz CT molecular complexity index is 746. The predicted molar refractivity (Wildman–Crippen MR) is 119 cm³/mol. The van der Waals surface area contributed by atoms with Crippen molar-refractivity contribution in [2.75, 3.05) is 45.2 Å². The van der Waals surface area contributed by atoms with Gasteiger partial charge in [0, 0.05) is 70.0 Å². The second-order valence-electron chi connectivity index (χ2n) is 5.93. The molecule has 0 saturated carbocycles. The fraction of sp³-hybridized carbons (Fsp3) is 0.529. The lowest BCUT2D eigenvalue weighted by molar-refractivity contribution is 0.372. The third kappa shape index (κ3) is 5.64. The first-order chi connectivity index (χ1) is 12.7. The molecular formula is C17H26IN7OS. The number of methoxy groups -OCH3 is 1. The van der Waals surface area contributed by atoms with Gasteiger partial charge in [-0.3, -0.25) is 4.99 Å². The molecule has 1 saturated heterocycles. The lowest BCUT2D eigenvalue weighted by Crippen LogP contribution is -2.52. The first-order valence-corrected chi connectivity index (χ1v) is 9.53. The van der Waals surface area contributed by atoms with Crippen LogP contribution in [0.3, 0.4) is 0 Å².